The summed E-state index contributed by atoms with van der Waals surface area (Å²) in [4.78, 5) is 24.6. The van der Waals surface area contributed by atoms with Crippen molar-refractivity contribution in [1.29, 1.82) is 0 Å². The Morgan fingerprint density at radius 1 is 1.11 bits per heavy atom. The zero-order valence-corrected chi connectivity index (χ0v) is 20.5. The average Bonchev–Trinajstić information content (AvgIpc) is 3.18. The molecular formula is C27H27FN2O6. The zero-order valence-electron chi connectivity index (χ0n) is 20.5. The maximum atomic E-state index is 13.4. The van der Waals surface area contributed by atoms with E-state index in [4.69, 9.17) is 14.2 Å². The van der Waals surface area contributed by atoms with E-state index in [1.54, 1.807) is 44.2 Å². The van der Waals surface area contributed by atoms with Crippen LogP contribution in [0.2, 0.25) is 0 Å². The van der Waals surface area contributed by atoms with Crippen LogP contribution in [0.25, 0.3) is 0 Å². The Labute approximate surface area is 208 Å². The number of hydrogen-bond donors (Lipinski definition) is 1. The number of carbonyl (C=O) groups excluding carboxylic acids is 1. The molecule has 4 rings (SSSR count). The summed E-state index contributed by atoms with van der Waals surface area (Å²) in [5, 5.41) is 14.9. The standard InChI is InChI=1S/C27H27FN2O6/c1-16-5-8-20(34-14-21-15-35-27(3,4)36-21)13-23(16)26(31)22-9-7-19(12-25(22)30(32)33)29-24-10-6-18(28)11-17(24)2/h5-13,21,29H,14-15H2,1-4H3. The number of nitro groups is 1. The Balaban J connectivity index is 1.56. The summed E-state index contributed by atoms with van der Waals surface area (Å²) in [6.07, 6.45) is -0.244. The molecule has 0 saturated carbocycles. The number of carbonyl (C=O) groups is 1. The van der Waals surface area contributed by atoms with Gasteiger partial charge >= 0.3 is 0 Å². The maximum Gasteiger partial charge on any atom is 0.282 e. The molecule has 0 radical (unpaired) electrons. The molecule has 0 amide bonds. The summed E-state index contributed by atoms with van der Waals surface area (Å²) in [6, 6.07) is 13.6. The topological polar surface area (TPSA) is 99.9 Å². The number of nitrogens with one attached hydrogen (secondary N) is 1. The fourth-order valence-corrected chi connectivity index (χ4v) is 3.99. The molecule has 188 valence electrons. The van der Waals surface area contributed by atoms with Crippen molar-refractivity contribution in [1.82, 2.24) is 0 Å². The summed E-state index contributed by atoms with van der Waals surface area (Å²) in [5.41, 5.74) is 2.23. The largest absolute Gasteiger partial charge is 0.491 e. The van der Waals surface area contributed by atoms with Gasteiger partial charge in [0.05, 0.1) is 11.5 Å². The number of nitro benzene ring substituents is 1. The van der Waals surface area contributed by atoms with Crippen LogP contribution in [0.4, 0.5) is 21.5 Å². The van der Waals surface area contributed by atoms with Gasteiger partial charge in [0.15, 0.2) is 11.6 Å². The van der Waals surface area contributed by atoms with E-state index in [0.29, 0.717) is 40.4 Å². The number of nitrogens with zero attached hydrogens (tertiary/aromatic N) is 1. The highest BCUT2D eigenvalue weighted by atomic mass is 19.1. The van der Waals surface area contributed by atoms with Gasteiger partial charge in [-0.1, -0.05) is 6.07 Å². The third-order valence-electron chi connectivity index (χ3n) is 5.86. The third-order valence-corrected chi connectivity index (χ3v) is 5.86. The number of ether oxygens (including phenoxy) is 3. The lowest BCUT2D eigenvalue weighted by molar-refractivity contribution is -0.385. The van der Waals surface area contributed by atoms with Gasteiger partial charge in [-0.25, -0.2) is 4.39 Å². The molecule has 1 atom stereocenters. The molecule has 3 aromatic carbocycles. The highest BCUT2D eigenvalue weighted by molar-refractivity contribution is 6.12. The van der Waals surface area contributed by atoms with Crippen LogP contribution >= 0.6 is 0 Å². The second-order valence-electron chi connectivity index (χ2n) is 9.14. The van der Waals surface area contributed by atoms with Gasteiger partial charge in [0.1, 0.15) is 29.8 Å². The SMILES string of the molecule is Cc1cc(F)ccc1Nc1ccc(C(=O)c2cc(OCC3COC(C)(C)O3)ccc2C)c([N+](=O)[O-])c1. The second-order valence-corrected chi connectivity index (χ2v) is 9.14. The molecule has 1 N–H and O–H groups in total. The fraction of sp³-hybridized carbons (Fsp3) is 0.296. The monoisotopic (exact) mass is 494 g/mol. The van der Waals surface area contributed by atoms with Crippen LogP contribution in [0.1, 0.15) is 40.9 Å². The molecule has 1 unspecified atom stereocenters. The van der Waals surface area contributed by atoms with E-state index in [2.05, 4.69) is 5.32 Å². The third kappa shape index (κ3) is 5.69. The van der Waals surface area contributed by atoms with E-state index >= 15 is 0 Å². The molecule has 1 aliphatic rings. The number of ketones is 1. The van der Waals surface area contributed by atoms with Crippen LogP contribution in [0.15, 0.2) is 54.6 Å². The number of anilines is 2. The first-order valence-corrected chi connectivity index (χ1v) is 11.4. The van der Waals surface area contributed by atoms with Gasteiger partial charge in [-0.3, -0.25) is 14.9 Å². The van der Waals surface area contributed by atoms with Crippen molar-refractivity contribution in [3.05, 3.63) is 92.8 Å². The minimum atomic E-state index is -0.669. The maximum absolute atomic E-state index is 13.4. The predicted molar refractivity (Wildman–Crippen MR) is 133 cm³/mol. The van der Waals surface area contributed by atoms with Gasteiger partial charge in [-0.2, -0.15) is 0 Å². The van der Waals surface area contributed by atoms with E-state index < -0.39 is 16.5 Å². The Morgan fingerprint density at radius 2 is 1.89 bits per heavy atom. The molecule has 1 saturated heterocycles. The van der Waals surface area contributed by atoms with Crippen LogP contribution in [0.3, 0.4) is 0 Å². The van der Waals surface area contributed by atoms with Crippen molar-refractivity contribution in [2.24, 2.45) is 0 Å². The summed E-state index contributed by atoms with van der Waals surface area (Å²) in [6.45, 7) is 7.77. The summed E-state index contributed by atoms with van der Waals surface area (Å²) < 4.78 is 30.5. The van der Waals surface area contributed by atoms with Crippen LogP contribution in [-0.4, -0.2) is 35.8 Å². The van der Waals surface area contributed by atoms with Gasteiger partial charge in [-0.05, 0) is 81.3 Å². The van der Waals surface area contributed by atoms with Gasteiger partial charge in [0.25, 0.3) is 5.69 Å². The van der Waals surface area contributed by atoms with E-state index in [9.17, 15) is 19.3 Å². The van der Waals surface area contributed by atoms with Crippen LogP contribution in [-0.2, 0) is 9.47 Å². The van der Waals surface area contributed by atoms with Crippen LogP contribution in [0.5, 0.6) is 5.75 Å². The fourth-order valence-electron chi connectivity index (χ4n) is 3.99. The Bertz CT molecular complexity index is 1320. The molecule has 9 heteroatoms. The highest BCUT2D eigenvalue weighted by Gasteiger charge is 2.33. The van der Waals surface area contributed by atoms with Crippen molar-refractivity contribution in [2.75, 3.05) is 18.5 Å². The zero-order chi connectivity index (χ0) is 26.0. The van der Waals surface area contributed by atoms with E-state index in [-0.39, 0.29) is 29.8 Å². The number of hydrogen-bond acceptors (Lipinski definition) is 7. The molecule has 0 aliphatic carbocycles. The van der Waals surface area contributed by atoms with Crippen LogP contribution < -0.4 is 10.1 Å². The molecule has 0 bridgehead atoms. The summed E-state index contributed by atoms with van der Waals surface area (Å²) in [5.74, 6) is -1.09. The molecular weight excluding hydrogens is 467 g/mol. The Morgan fingerprint density at radius 3 is 2.56 bits per heavy atom. The minimum absolute atomic E-state index is 0.0455. The highest BCUT2D eigenvalue weighted by Crippen LogP contribution is 2.31. The van der Waals surface area contributed by atoms with Crippen molar-refractivity contribution in [3.63, 3.8) is 0 Å². The second kappa shape index (κ2) is 10.0. The molecule has 1 aliphatic heterocycles. The molecule has 3 aromatic rings. The Hall–Kier alpha value is -3.82. The van der Waals surface area contributed by atoms with Crippen LogP contribution in [0, 0.1) is 29.8 Å². The molecule has 8 nitrogen and oxygen atoms in total. The molecule has 0 spiro atoms. The smallest absolute Gasteiger partial charge is 0.282 e. The van der Waals surface area contributed by atoms with Crippen molar-refractivity contribution in [3.8, 4) is 5.75 Å². The number of benzene rings is 3. The van der Waals surface area contributed by atoms with Gasteiger partial charge in [-0.15, -0.1) is 0 Å². The molecule has 0 aromatic heterocycles. The average molecular weight is 495 g/mol. The lowest BCUT2D eigenvalue weighted by Crippen LogP contribution is -2.25. The van der Waals surface area contributed by atoms with Crippen molar-refractivity contribution < 1.29 is 28.3 Å². The van der Waals surface area contributed by atoms with Gasteiger partial charge in [0.2, 0.25) is 0 Å². The number of aryl methyl sites for hydroxylation is 2. The molecule has 1 heterocycles. The van der Waals surface area contributed by atoms with Gasteiger partial charge in [0, 0.05) is 23.0 Å². The molecule has 36 heavy (non-hydrogen) atoms. The van der Waals surface area contributed by atoms with E-state index in [1.807, 2.05) is 13.8 Å². The van der Waals surface area contributed by atoms with Crippen molar-refractivity contribution in [2.45, 2.75) is 39.6 Å². The predicted octanol–water partition coefficient (Wildman–Crippen LogP) is 5.86. The van der Waals surface area contributed by atoms with E-state index in [1.165, 1.54) is 24.3 Å². The van der Waals surface area contributed by atoms with Crippen molar-refractivity contribution >= 4 is 22.8 Å². The normalized spacial score (nSPS) is 16.5. The van der Waals surface area contributed by atoms with Gasteiger partial charge < -0.3 is 19.5 Å². The summed E-state index contributed by atoms with van der Waals surface area (Å²) in [7, 11) is 0. The number of rotatable bonds is 8. The Kier molecular flexibility index (Phi) is 7.05. The van der Waals surface area contributed by atoms with E-state index in [0.717, 1.165) is 0 Å². The first-order valence-electron chi connectivity index (χ1n) is 11.4. The minimum Gasteiger partial charge on any atom is -0.491 e. The number of halogens is 1. The quantitative estimate of drug-likeness (QED) is 0.238. The molecule has 1 fully saturated rings. The first kappa shape index (κ1) is 25.3. The lowest BCUT2D eigenvalue weighted by atomic mass is 9.97. The lowest BCUT2D eigenvalue weighted by Gasteiger charge is -2.17. The first-order chi connectivity index (χ1) is 17.0. The summed E-state index contributed by atoms with van der Waals surface area (Å²) >= 11 is 0.